The summed E-state index contributed by atoms with van der Waals surface area (Å²) in [5, 5.41) is 13.4. The lowest BCUT2D eigenvalue weighted by Crippen LogP contribution is -2.01. The van der Waals surface area contributed by atoms with Gasteiger partial charge in [0.2, 0.25) is 0 Å². The van der Waals surface area contributed by atoms with Gasteiger partial charge in [-0.3, -0.25) is 0 Å². The van der Waals surface area contributed by atoms with Crippen LogP contribution in [0.2, 0.25) is 0 Å². The van der Waals surface area contributed by atoms with Crippen molar-refractivity contribution in [2.45, 2.75) is 11.5 Å². The predicted molar refractivity (Wildman–Crippen MR) is 86.4 cm³/mol. The van der Waals surface area contributed by atoms with Gasteiger partial charge in [0.1, 0.15) is 23.0 Å². The molecule has 2 aromatic carbocycles. The minimum absolute atomic E-state index is 0.181. The van der Waals surface area contributed by atoms with E-state index in [1.807, 2.05) is 30.3 Å². The number of rotatable bonds is 4. The largest absolute Gasteiger partial charge is 0.388 e. The van der Waals surface area contributed by atoms with Crippen molar-refractivity contribution in [2.24, 2.45) is 0 Å². The van der Waals surface area contributed by atoms with Crippen LogP contribution in [0.5, 0.6) is 0 Å². The van der Waals surface area contributed by atoms with Crippen LogP contribution in [-0.2, 0) is 16.4 Å². The van der Waals surface area contributed by atoms with Crippen molar-refractivity contribution in [2.75, 3.05) is 6.26 Å². The lowest BCUT2D eigenvalue weighted by molar-refractivity contribution is 0.230. The van der Waals surface area contributed by atoms with Crippen LogP contribution >= 0.6 is 0 Å². The van der Waals surface area contributed by atoms with Gasteiger partial charge in [-0.2, -0.15) is 0 Å². The van der Waals surface area contributed by atoms with Gasteiger partial charge in [0.15, 0.2) is 15.6 Å². The van der Waals surface area contributed by atoms with E-state index in [2.05, 4.69) is 5.16 Å². The Hall–Kier alpha value is -2.51. The first-order chi connectivity index (χ1) is 11.4. The van der Waals surface area contributed by atoms with Crippen LogP contribution in [0.15, 0.2) is 57.9 Å². The second-order valence-electron chi connectivity index (χ2n) is 5.27. The molecule has 0 atom stereocenters. The zero-order valence-electron chi connectivity index (χ0n) is 12.7. The SMILES string of the molecule is CS(=O)(=O)c1ccc(-c2c(-c3ccccc3)noc2CO)cc1F. The molecule has 0 radical (unpaired) electrons. The number of halogens is 1. The standard InChI is InChI=1S/C17H14FNO4S/c1-24(21,22)15-8-7-12(9-13(15)18)16-14(10-20)23-19-17(16)11-5-3-2-4-6-11/h2-9,20H,10H2,1H3. The number of hydrogen-bond donors (Lipinski definition) is 1. The van der Waals surface area contributed by atoms with E-state index < -0.39 is 22.3 Å². The Labute approximate surface area is 138 Å². The Morgan fingerprint density at radius 3 is 2.42 bits per heavy atom. The van der Waals surface area contributed by atoms with Crippen molar-refractivity contribution in [3.8, 4) is 22.4 Å². The second kappa shape index (κ2) is 6.18. The number of nitrogens with zero attached hydrogens (tertiary/aromatic N) is 1. The number of aromatic nitrogens is 1. The van der Waals surface area contributed by atoms with E-state index in [0.717, 1.165) is 17.9 Å². The maximum atomic E-state index is 14.2. The molecule has 0 aliphatic rings. The van der Waals surface area contributed by atoms with Crippen LogP contribution in [0.1, 0.15) is 5.76 Å². The number of aliphatic hydroxyl groups is 1. The molecule has 0 saturated carbocycles. The fraction of sp³-hybridized carbons (Fsp3) is 0.118. The maximum Gasteiger partial charge on any atom is 0.178 e. The van der Waals surface area contributed by atoms with Crippen molar-refractivity contribution in [1.29, 1.82) is 0 Å². The molecule has 0 saturated heterocycles. The molecule has 5 nitrogen and oxygen atoms in total. The number of hydrogen-bond acceptors (Lipinski definition) is 5. The van der Waals surface area contributed by atoms with Gasteiger partial charge in [-0.1, -0.05) is 41.6 Å². The Morgan fingerprint density at radius 2 is 1.83 bits per heavy atom. The van der Waals surface area contributed by atoms with E-state index in [0.29, 0.717) is 16.8 Å². The first kappa shape index (κ1) is 16.4. The lowest BCUT2D eigenvalue weighted by atomic mass is 9.99. The highest BCUT2D eigenvalue weighted by Gasteiger charge is 2.21. The Kier molecular flexibility index (Phi) is 4.21. The van der Waals surface area contributed by atoms with Crippen LogP contribution in [0.25, 0.3) is 22.4 Å². The summed E-state index contributed by atoms with van der Waals surface area (Å²) in [7, 11) is -3.66. The smallest absolute Gasteiger partial charge is 0.178 e. The van der Waals surface area contributed by atoms with Gasteiger partial charge in [0, 0.05) is 11.8 Å². The third-order valence-corrected chi connectivity index (χ3v) is 4.70. The van der Waals surface area contributed by atoms with Crippen molar-refractivity contribution in [3.63, 3.8) is 0 Å². The monoisotopic (exact) mass is 347 g/mol. The van der Waals surface area contributed by atoms with Crippen molar-refractivity contribution < 1.29 is 22.4 Å². The van der Waals surface area contributed by atoms with E-state index in [9.17, 15) is 17.9 Å². The highest BCUT2D eigenvalue weighted by Crippen LogP contribution is 2.35. The summed E-state index contributed by atoms with van der Waals surface area (Å²) in [6.07, 6.45) is 0.943. The molecular weight excluding hydrogens is 333 g/mol. The van der Waals surface area contributed by atoms with Crippen LogP contribution in [0.4, 0.5) is 4.39 Å². The number of aliphatic hydroxyl groups excluding tert-OH is 1. The van der Waals surface area contributed by atoms with Crippen LogP contribution < -0.4 is 0 Å². The molecular formula is C17H14FNO4S. The molecule has 1 N–H and O–H groups in total. The molecule has 0 fully saturated rings. The highest BCUT2D eigenvalue weighted by atomic mass is 32.2. The minimum atomic E-state index is -3.66. The summed E-state index contributed by atoms with van der Waals surface area (Å²) in [5.41, 5.74) is 2.00. The quantitative estimate of drug-likeness (QED) is 0.784. The van der Waals surface area contributed by atoms with Crippen molar-refractivity contribution in [1.82, 2.24) is 5.16 Å². The normalized spacial score (nSPS) is 11.6. The second-order valence-corrected chi connectivity index (χ2v) is 7.26. The third-order valence-electron chi connectivity index (χ3n) is 3.57. The van der Waals surface area contributed by atoms with Gasteiger partial charge in [-0.25, -0.2) is 12.8 Å². The topological polar surface area (TPSA) is 80.4 Å². The minimum Gasteiger partial charge on any atom is -0.388 e. The number of sulfone groups is 1. The average molecular weight is 347 g/mol. The fourth-order valence-electron chi connectivity index (χ4n) is 2.48. The van der Waals surface area contributed by atoms with E-state index in [4.69, 9.17) is 4.52 Å². The van der Waals surface area contributed by atoms with E-state index >= 15 is 0 Å². The van der Waals surface area contributed by atoms with Crippen molar-refractivity contribution in [3.05, 3.63) is 60.1 Å². The maximum absolute atomic E-state index is 14.2. The molecule has 124 valence electrons. The Morgan fingerprint density at radius 1 is 1.12 bits per heavy atom. The zero-order chi connectivity index (χ0) is 17.3. The van der Waals surface area contributed by atoms with Crippen LogP contribution in [-0.4, -0.2) is 24.9 Å². The van der Waals surface area contributed by atoms with Gasteiger partial charge in [-0.05, 0) is 17.7 Å². The molecule has 0 aliphatic heterocycles. The van der Waals surface area contributed by atoms with Crippen molar-refractivity contribution >= 4 is 9.84 Å². The van der Waals surface area contributed by atoms with Crippen LogP contribution in [0, 0.1) is 5.82 Å². The third kappa shape index (κ3) is 2.95. The van der Waals surface area contributed by atoms with Gasteiger partial charge >= 0.3 is 0 Å². The van der Waals surface area contributed by atoms with Crippen LogP contribution in [0.3, 0.4) is 0 Å². The molecule has 1 aromatic heterocycles. The summed E-state index contributed by atoms with van der Waals surface area (Å²) < 4.78 is 42.5. The Balaban J connectivity index is 2.20. The first-order valence-electron chi connectivity index (χ1n) is 7.06. The summed E-state index contributed by atoms with van der Waals surface area (Å²) in [5.74, 6) is -0.681. The van der Waals surface area contributed by atoms with Gasteiger partial charge < -0.3 is 9.63 Å². The van der Waals surface area contributed by atoms with E-state index in [1.165, 1.54) is 12.1 Å². The molecule has 7 heteroatoms. The average Bonchev–Trinajstić information content (AvgIpc) is 2.98. The van der Waals surface area contributed by atoms with Gasteiger partial charge in [-0.15, -0.1) is 0 Å². The van der Waals surface area contributed by atoms with Gasteiger partial charge in [0.25, 0.3) is 0 Å². The molecule has 0 aliphatic carbocycles. The summed E-state index contributed by atoms with van der Waals surface area (Å²) >= 11 is 0. The molecule has 0 spiro atoms. The highest BCUT2D eigenvalue weighted by molar-refractivity contribution is 7.90. The molecule has 0 amide bonds. The lowest BCUT2D eigenvalue weighted by Gasteiger charge is -2.06. The Bertz CT molecular complexity index is 981. The summed E-state index contributed by atoms with van der Waals surface area (Å²) in [4.78, 5) is -0.380. The molecule has 24 heavy (non-hydrogen) atoms. The molecule has 3 rings (SSSR count). The number of benzene rings is 2. The summed E-state index contributed by atoms with van der Waals surface area (Å²) in [6, 6.07) is 12.9. The first-order valence-corrected chi connectivity index (χ1v) is 8.95. The van der Waals surface area contributed by atoms with Gasteiger partial charge in [0.05, 0.1) is 5.56 Å². The summed E-state index contributed by atoms with van der Waals surface area (Å²) in [6.45, 7) is -0.412. The van der Waals surface area contributed by atoms with E-state index in [1.54, 1.807) is 0 Å². The van der Waals surface area contributed by atoms with E-state index in [-0.39, 0.29) is 10.7 Å². The molecule has 1 heterocycles. The molecule has 0 unspecified atom stereocenters. The molecule has 0 bridgehead atoms. The zero-order valence-corrected chi connectivity index (χ0v) is 13.5. The fourth-order valence-corrected chi connectivity index (χ4v) is 3.21. The predicted octanol–water partition coefficient (Wildman–Crippen LogP) is 3.04. The molecule has 3 aromatic rings.